The first kappa shape index (κ1) is 20.6. The Hall–Kier alpha value is -3.66. The average molecular weight is 410 g/mol. The number of aromatic nitrogens is 2. The molecule has 0 spiro atoms. The number of nitrogens with one attached hydrogen (secondary N) is 1. The molecule has 0 fully saturated rings. The summed E-state index contributed by atoms with van der Waals surface area (Å²) < 4.78 is 2.03. The second-order valence-corrected chi connectivity index (χ2v) is 7.79. The third-order valence-electron chi connectivity index (χ3n) is 5.63. The number of pyridine rings is 2. The van der Waals surface area contributed by atoms with Gasteiger partial charge in [-0.25, -0.2) is 4.98 Å². The molecule has 2 aromatic heterocycles. The van der Waals surface area contributed by atoms with Crippen LogP contribution in [0.4, 0.5) is 11.5 Å². The normalized spacial score (nSPS) is 11.6. The van der Waals surface area contributed by atoms with E-state index < -0.39 is 0 Å². The van der Waals surface area contributed by atoms with E-state index in [9.17, 15) is 4.79 Å². The Labute approximate surface area is 182 Å². The van der Waals surface area contributed by atoms with Crippen LogP contribution >= 0.6 is 0 Å². The molecule has 0 unspecified atom stereocenters. The first-order valence-electron chi connectivity index (χ1n) is 10.6. The minimum atomic E-state index is -0.0304. The molecule has 0 saturated carbocycles. The van der Waals surface area contributed by atoms with Crippen molar-refractivity contribution in [3.8, 4) is 5.69 Å². The molecule has 4 rings (SSSR count). The maximum atomic E-state index is 13.1. The number of benzene rings is 2. The molecule has 1 N–H and O–H groups in total. The van der Waals surface area contributed by atoms with Gasteiger partial charge in [-0.1, -0.05) is 48.0 Å². The van der Waals surface area contributed by atoms with Gasteiger partial charge in [-0.05, 0) is 69.5 Å². The summed E-state index contributed by atoms with van der Waals surface area (Å²) in [5, 5.41) is 4.04. The van der Waals surface area contributed by atoms with Gasteiger partial charge in [0, 0.05) is 23.1 Å². The monoisotopic (exact) mass is 409 g/mol. The van der Waals surface area contributed by atoms with Crippen LogP contribution in [0.5, 0.6) is 0 Å². The second kappa shape index (κ2) is 9.00. The van der Waals surface area contributed by atoms with Crippen LogP contribution < -0.4 is 10.7 Å². The lowest BCUT2D eigenvalue weighted by molar-refractivity contribution is 0.914. The summed E-state index contributed by atoms with van der Waals surface area (Å²) in [5.41, 5.74) is 5.92. The number of allylic oxidation sites excluding steroid dienone is 2. The maximum Gasteiger partial charge on any atom is 0.193 e. The fourth-order valence-corrected chi connectivity index (χ4v) is 3.70. The summed E-state index contributed by atoms with van der Waals surface area (Å²) >= 11 is 0. The third-order valence-corrected chi connectivity index (χ3v) is 5.63. The zero-order valence-electron chi connectivity index (χ0n) is 18.2. The minimum Gasteiger partial charge on any atom is -0.341 e. The van der Waals surface area contributed by atoms with Crippen molar-refractivity contribution in [2.75, 3.05) is 5.32 Å². The lowest BCUT2D eigenvalue weighted by Crippen LogP contribution is -2.14. The van der Waals surface area contributed by atoms with Crippen molar-refractivity contribution in [3.05, 3.63) is 106 Å². The van der Waals surface area contributed by atoms with E-state index in [1.165, 1.54) is 5.57 Å². The fourth-order valence-electron chi connectivity index (χ4n) is 3.70. The number of hydrogen-bond donors (Lipinski definition) is 1. The van der Waals surface area contributed by atoms with Gasteiger partial charge in [0.25, 0.3) is 0 Å². The van der Waals surface area contributed by atoms with E-state index in [4.69, 9.17) is 4.98 Å². The number of hydrogen-bond acceptors (Lipinski definition) is 3. The van der Waals surface area contributed by atoms with Gasteiger partial charge in [0.1, 0.15) is 11.5 Å². The van der Waals surface area contributed by atoms with Gasteiger partial charge in [-0.15, -0.1) is 0 Å². The summed E-state index contributed by atoms with van der Waals surface area (Å²) in [6.45, 7) is 6.21. The summed E-state index contributed by atoms with van der Waals surface area (Å²) in [5.74, 6) is 0.694. The smallest absolute Gasteiger partial charge is 0.193 e. The van der Waals surface area contributed by atoms with Crippen LogP contribution in [-0.4, -0.2) is 9.55 Å². The standard InChI is InChI=1S/C27H27N3O/c1-4-19(2)15-16-21-17-24-25(31)18-26(29-22-11-7-5-8-12-22)30(27(24)28-20(21)3)23-13-9-6-10-14-23/h4-14,17-18,29H,15-16H2,1-3H3/b19-4-. The molecule has 2 heterocycles. The first-order valence-corrected chi connectivity index (χ1v) is 10.6. The molecule has 156 valence electrons. The lowest BCUT2D eigenvalue weighted by atomic mass is 10.0. The van der Waals surface area contributed by atoms with Crippen molar-refractivity contribution < 1.29 is 0 Å². The molecule has 0 aliphatic heterocycles. The molecule has 31 heavy (non-hydrogen) atoms. The van der Waals surface area contributed by atoms with Gasteiger partial charge < -0.3 is 5.32 Å². The lowest BCUT2D eigenvalue weighted by Gasteiger charge is -2.19. The Morgan fingerprint density at radius 1 is 1.03 bits per heavy atom. The van der Waals surface area contributed by atoms with E-state index in [-0.39, 0.29) is 5.43 Å². The van der Waals surface area contributed by atoms with Gasteiger partial charge in [0.15, 0.2) is 5.43 Å². The molecule has 0 saturated heterocycles. The van der Waals surface area contributed by atoms with Gasteiger partial charge in [-0.3, -0.25) is 9.36 Å². The highest BCUT2D eigenvalue weighted by molar-refractivity contribution is 5.81. The van der Waals surface area contributed by atoms with E-state index in [0.717, 1.165) is 35.5 Å². The molecule has 2 aromatic carbocycles. The molecular weight excluding hydrogens is 382 g/mol. The SMILES string of the molecule is C/C=C(/C)CCc1cc2c(=O)cc(Nc3ccccc3)n(-c3ccccc3)c2nc1C. The quantitative estimate of drug-likeness (QED) is 0.378. The zero-order valence-corrected chi connectivity index (χ0v) is 18.2. The van der Waals surface area contributed by atoms with Crippen molar-refractivity contribution in [1.82, 2.24) is 9.55 Å². The number of rotatable bonds is 6. The number of para-hydroxylation sites is 2. The Morgan fingerprint density at radius 2 is 1.71 bits per heavy atom. The van der Waals surface area contributed by atoms with Crippen LogP contribution in [0, 0.1) is 6.92 Å². The summed E-state index contributed by atoms with van der Waals surface area (Å²) in [4.78, 5) is 18.0. The highest BCUT2D eigenvalue weighted by atomic mass is 16.1. The topological polar surface area (TPSA) is 46.9 Å². The zero-order chi connectivity index (χ0) is 21.8. The number of nitrogens with zero attached hydrogens (tertiary/aromatic N) is 2. The molecule has 0 aliphatic rings. The van der Waals surface area contributed by atoms with E-state index in [1.54, 1.807) is 6.07 Å². The Bertz CT molecular complexity index is 1290. The van der Waals surface area contributed by atoms with Crippen LogP contribution in [0.15, 0.2) is 89.2 Å². The van der Waals surface area contributed by atoms with Crippen LogP contribution in [0.1, 0.15) is 31.5 Å². The van der Waals surface area contributed by atoms with Crippen molar-refractivity contribution in [1.29, 1.82) is 0 Å². The van der Waals surface area contributed by atoms with Crippen molar-refractivity contribution in [2.24, 2.45) is 0 Å². The van der Waals surface area contributed by atoms with Gasteiger partial charge in [-0.2, -0.15) is 0 Å². The van der Waals surface area contributed by atoms with E-state index >= 15 is 0 Å². The molecule has 4 heteroatoms. The Kier molecular flexibility index (Phi) is 5.99. The Balaban J connectivity index is 1.91. The van der Waals surface area contributed by atoms with Crippen molar-refractivity contribution in [2.45, 2.75) is 33.6 Å². The predicted octanol–water partition coefficient (Wildman–Crippen LogP) is 6.34. The average Bonchev–Trinajstić information content (AvgIpc) is 2.79. The molecule has 0 amide bonds. The third kappa shape index (κ3) is 4.43. The van der Waals surface area contributed by atoms with Crippen molar-refractivity contribution >= 4 is 22.5 Å². The van der Waals surface area contributed by atoms with Crippen LogP contribution in [-0.2, 0) is 6.42 Å². The molecule has 0 atom stereocenters. The number of aryl methyl sites for hydroxylation is 2. The summed E-state index contributed by atoms with van der Waals surface area (Å²) in [6, 6.07) is 23.6. The molecule has 4 nitrogen and oxygen atoms in total. The molecule has 4 aromatic rings. The highest BCUT2D eigenvalue weighted by Crippen LogP contribution is 2.26. The summed E-state index contributed by atoms with van der Waals surface area (Å²) in [6.07, 6.45) is 3.97. The Morgan fingerprint density at radius 3 is 2.39 bits per heavy atom. The van der Waals surface area contributed by atoms with E-state index in [2.05, 4.69) is 25.2 Å². The molecular formula is C27H27N3O. The molecule has 0 bridgehead atoms. The summed E-state index contributed by atoms with van der Waals surface area (Å²) in [7, 11) is 0. The van der Waals surface area contributed by atoms with Crippen LogP contribution in [0.3, 0.4) is 0 Å². The molecule has 0 radical (unpaired) electrons. The first-order chi connectivity index (χ1) is 15.1. The highest BCUT2D eigenvalue weighted by Gasteiger charge is 2.15. The second-order valence-electron chi connectivity index (χ2n) is 7.79. The number of fused-ring (bicyclic) bond motifs is 1. The van der Waals surface area contributed by atoms with E-state index in [0.29, 0.717) is 16.9 Å². The van der Waals surface area contributed by atoms with Gasteiger partial charge >= 0.3 is 0 Å². The predicted molar refractivity (Wildman–Crippen MR) is 130 cm³/mol. The largest absolute Gasteiger partial charge is 0.341 e. The van der Waals surface area contributed by atoms with E-state index in [1.807, 2.05) is 78.2 Å². The van der Waals surface area contributed by atoms with Gasteiger partial charge in [0.2, 0.25) is 0 Å². The van der Waals surface area contributed by atoms with Crippen LogP contribution in [0.2, 0.25) is 0 Å². The van der Waals surface area contributed by atoms with Crippen LogP contribution in [0.25, 0.3) is 16.7 Å². The minimum absolute atomic E-state index is 0.0304. The fraction of sp³-hybridized carbons (Fsp3) is 0.185. The molecule has 0 aliphatic carbocycles. The maximum absolute atomic E-state index is 13.1. The van der Waals surface area contributed by atoms with Gasteiger partial charge in [0.05, 0.1) is 5.39 Å². The van der Waals surface area contributed by atoms with Crippen molar-refractivity contribution in [3.63, 3.8) is 0 Å². The number of anilines is 2.